The van der Waals surface area contributed by atoms with Crippen molar-refractivity contribution in [2.24, 2.45) is 5.92 Å². The van der Waals surface area contributed by atoms with Gasteiger partial charge in [-0.25, -0.2) is 9.50 Å². The molecule has 0 unspecified atom stereocenters. The number of carbonyl (C=O) groups is 2. The van der Waals surface area contributed by atoms with Gasteiger partial charge in [0.2, 0.25) is 11.5 Å². The standard InChI is InChI=1S/C23H29N5O6/c1-6-7-17(29)27-20-14-8-9-16(28(14)26-12-25-20)23(11-24)19-18(33-22(4,5)34-19)15(32-23)10-31-21(30)13(2)3/h8-9,12-13,15,18-19H,6-7,10H2,1-5H3,(H,25,26,27,29)/t15-,18-,19-,23+/m1/s1. The molecule has 0 saturated carbocycles. The van der Waals surface area contributed by atoms with Gasteiger partial charge in [-0.1, -0.05) is 20.8 Å². The second-order valence-electron chi connectivity index (χ2n) is 9.23. The number of anilines is 1. The summed E-state index contributed by atoms with van der Waals surface area (Å²) in [5.74, 6) is -1.49. The molecular formula is C23H29N5O6. The van der Waals surface area contributed by atoms with Crippen molar-refractivity contribution in [3.63, 3.8) is 0 Å². The molecule has 34 heavy (non-hydrogen) atoms. The van der Waals surface area contributed by atoms with Crippen LogP contribution in [0.25, 0.3) is 5.52 Å². The third kappa shape index (κ3) is 4.13. The Bertz CT molecular complexity index is 1140. The molecule has 11 nitrogen and oxygen atoms in total. The Morgan fingerprint density at radius 1 is 1.29 bits per heavy atom. The first-order valence-corrected chi connectivity index (χ1v) is 11.4. The topological polar surface area (TPSA) is 137 Å². The largest absolute Gasteiger partial charge is 0.463 e. The van der Waals surface area contributed by atoms with Gasteiger partial charge in [0.05, 0.1) is 11.6 Å². The van der Waals surface area contributed by atoms with Crippen LogP contribution in [0.15, 0.2) is 18.5 Å². The molecule has 1 amide bonds. The molecule has 1 N–H and O–H groups in total. The summed E-state index contributed by atoms with van der Waals surface area (Å²) >= 11 is 0. The Hall–Kier alpha value is -3.07. The molecule has 4 heterocycles. The summed E-state index contributed by atoms with van der Waals surface area (Å²) in [6, 6.07) is 5.67. The normalized spacial score (nSPS) is 27.5. The van der Waals surface area contributed by atoms with E-state index in [2.05, 4.69) is 21.5 Å². The van der Waals surface area contributed by atoms with Crippen LogP contribution < -0.4 is 5.32 Å². The number of rotatable bonds is 7. The number of ether oxygens (including phenoxy) is 4. The molecule has 2 aliphatic rings. The quantitative estimate of drug-likeness (QED) is 0.603. The lowest BCUT2D eigenvalue weighted by molar-refractivity contribution is -0.207. The Balaban J connectivity index is 1.72. The molecular weight excluding hydrogens is 442 g/mol. The first-order valence-electron chi connectivity index (χ1n) is 11.4. The van der Waals surface area contributed by atoms with Gasteiger partial charge in [-0.3, -0.25) is 9.59 Å². The monoisotopic (exact) mass is 471 g/mol. The van der Waals surface area contributed by atoms with Crippen LogP contribution in [0.3, 0.4) is 0 Å². The van der Waals surface area contributed by atoms with E-state index in [0.717, 1.165) is 0 Å². The van der Waals surface area contributed by atoms with Crippen molar-refractivity contribution in [2.75, 3.05) is 11.9 Å². The van der Waals surface area contributed by atoms with Crippen LogP contribution in [0.4, 0.5) is 5.82 Å². The number of hydrogen-bond donors (Lipinski definition) is 1. The zero-order valence-electron chi connectivity index (χ0n) is 19.9. The molecule has 2 fully saturated rings. The maximum absolute atomic E-state index is 12.1. The van der Waals surface area contributed by atoms with Crippen molar-refractivity contribution in [3.05, 3.63) is 24.2 Å². The van der Waals surface area contributed by atoms with Gasteiger partial charge in [-0.15, -0.1) is 0 Å². The summed E-state index contributed by atoms with van der Waals surface area (Å²) in [5, 5.41) is 17.5. The van der Waals surface area contributed by atoms with Crippen LogP contribution in [0.5, 0.6) is 0 Å². The van der Waals surface area contributed by atoms with E-state index in [0.29, 0.717) is 29.9 Å². The number of hydrogen-bond acceptors (Lipinski definition) is 9. The van der Waals surface area contributed by atoms with Crippen molar-refractivity contribution in [3.8, 4) is 6.07 Å². The van der Waals surface area contributed by atoms with Gasteiger partial charge >= 0.3 is 5.97 Å². The number of fused-ring (bicyclic) bond motifs is 2. The van der Waals surface area contributed by atoms with Gasteiger partial charge < -0.3 is 24.3 Å². The highest BCUT2D eigenvalue weighted by molar-refractivity contribution is 5.93. The Morgan fingerprint density at radius 2 is 2.06 bits per heavy atom. The van der Waals surface area contributed by atoms with E-state index in [1.807, 2.05) is 6.92 Å². The average Bonchev–Trinajstić information content (AvgIpc) is 3.43. The maximum Gasteiger partial charge on any atom is 0.308 e. The Labute approximate surface area is 197 Å². The van der Waals surface area contributed by atoms with Gasteiger partial charge in [0.1, 0.15) is 42.8 Å². The van der Waals surface area contributed by atoms with Crippen LogP contribution >= 0.6 is 0 Å². The van der Waals surface area contributed by atoms with E-state index in [9.17, 15) is 14.9 Å². The fourth-order valence-corrected chi connectivity index (χ4v) is 4.29. The molecule has 4 atom stereocenters. The van der Waals surface area contributed by atoms with Crippen LogP contribution in [0, 0.1) is 17.2 Å². The highest BCUT2D eigenvalue weighted by atomic mass is 16.8. The fourth-order valence-electron chi connectivity index (χ4n) is 4.29. The lowest BCUT2D eigenvalue weighted by atomic mass is 9.92. The van der Waals surface area contributed by atoms with Crippen LogP contribution in [0.1, 0.15) is 53.2 Å². The summed E-state index contributed by atoms with van der Waals surface area (Å²) in [7, 11) is 0. The average molecular weight is 472 g/mol. The molecule has 4 rings (SSSR count). The van der Waals surface area contributed by atoms with Gasteiger partial charge in [-0.05, 0) is 32.4 Å². The molecule has 2 saturated heterocycles. The number of nitriles is 1. The lowest BCUT2D eigenvalue weighted by Crippen LogP contribution is -2.40. The number of esters is 1. The van der Waals surface area contributed by atoms with Crippen LogP contribution in [0.2, 0.25) is 0 Å². The van der Waals surface area contributed by atoms with Crippen LogP contribution in [-0.2, 0) is 34.1 Å². The smallest absolute Gasteiger partial charge is 0.308 e. The van der Waals surface area contributed by atoms with E-state index >= 15 is 0 Å². The molecule has 0 spiro atoms. The Morgan fingerprint density at radius 3 is 2.74 bits per heavy atom. The minimum absolute atomic E-state index is 0.0856. The second kappa shape index (κ2) is 8.94. The number of aromatic nitrogens is 3. The minimum Gasteiger partial charge on any atom is -0.463 e. The van der Waals surface area contributed by atoms with E-state index in [-0.39, 0.29) is 24.4 Å². The number of amides is 1. The van der Waals surface area contributed by atoms with Gasteiger partial charge in [0, 0.05) is 6.42 Å². The zero-order chi connectivity index (χ0) is 24.7. The predicted molar refractivity (Wildman–Crippen MR) is 118 cm³/mol. The zero-order valence-corrected chi connectivity index (χ0v) is 19.9. The Kier molecular flexibility index (Phi) is 6.33. The van der Waals surface area contributed by atoms with Gasteiger partial charge in [-0.2, -0.15) is 10.4 Å². The van der Waals surface area contributed by atoms with E-state index in [4.69, 9.17) is 18.9 Å². The van der Waals surface area contributed by atoms with Gasteiger partial charge in [0.25, 0.3) is 0 Å². The second-order valence-corrected chi connectivity index (χ2v) is 9.23. The highest BCUT2D eigenvalue weighted by Gasteiger charge is 2.65. The molecule has 11 heteroatoms. The van der Waals surface area contributed by atoms with E-state index in [1.54, 1.807) is 39.8 Å². The molecule has 2 aliphatic heterocycles. The van der Waals surface area contributed by atoms with Crippen molar-refractivity contribution in [1.29, 1.82) is 5.26 Å². The summed E-state index contributed by atoms with van der Waals surface area (Å²) in [5.41, 5.74) is -0.698. The summed E-state index contributed by atoms with van der Waals surface area (Å²) in [6.07, 6.45) is 0.171. The number of nitrogens with one attached hydrogen (secondary N) is 1. The summed E-state index contributed by atoms with van der Waals surface area (Å²) < 4.78 is 25.3. The molecule has 0 aliphatic carbocycles. The highest BCUT2D eigenvalue weighted by Crippen LogP contribution is 2.49. The molecule has 0 bridgehead atoms. The summed E-state index contributed by atoms with van der Waals surface area (Å²) in [4.78, 5) is 28.4. The maximum atomic E-state index is 12.1. The van der Waals surface area contributed by atoms with Crippen molar-refractivity contribution in [2.45, 2.75) is 77.2 Å². The van der Waals surface area contributed by atoms with Crippen molar-refractivity contribution in [1.82, 2.24) is 14.6 Å². The third-order valence-corrected chi connectivity index (χ3v) is 5.83. The first-order chi connectivity index (χ1) is 16.1. The number of carbonyl (C=O) groups excluding carboxylic acids is 2. The molecule has 2 aromatic rings. The van der Waals surface area contributed by atoms with E-state index in [1.165, 1.54) is 10.8 Å². The molecule has 2 aromatic heterocycles. The summed E-state index contributed by atoms with van der Waals surface area (Å²) in [6.45, 7) is 8.81. The SMILES string of the molecule is CCCC(=O)Nc1ncnn2c([C@]3(C#N)O[C@H](COC(=O)C(C)C)[C@H]4OC(C)(C)O[C@H]43)ccc12. The lowest BCUT2D eigenvalue weighted by Gasteiger charge is -2.29. The molecule has 182 valence electrons. The van der Waals surface area contributed by atoms with Crippen LogP contribution in [-0.4, -0.2) is 57.2 Å². The molecule has 0 radical (unpaired) electrons. The van der Waals surface area contributed by atoms with E-state index < -0.39 is 29.7 Å². The third-order valence-electron chi connectivity index (χ3n) is 5.83. The van der Waals surface area contributed by atoms with Crippen molar-refractivity contribution >= 4 is 23.2 Å². The molecule has 0 aromatic carbocycles. The minimum atomic E-state index is -1.60. The first kappa shape index (κ1) is 24.1. The van der Waals surface area contributed by atoms with Gasteiger partial charge in [0.15, 0.2) is 11.6 Å². The fraction of sp³-hybridized carbons (Fsp3) is 0.609. The number of nitrogens with zero attached hydrogens (tertiary/aromatic N) is 4. The predicted octanol–water partition coefficient (Wildman–Crippen LogP) is 2.30. The van der Waals surface area contributed by atoms with Crippen molar-refractivity contribution < 1.29 is 28.5 Å².